The summed E-state index contributed by atoms with van der Waals surface area (Å²) in [5, 5.41) is 0.893. The molecule has 0 spiro atoms. The Morgan fingerprint density at radius 1 is 0.722 bits per heavy atom. The van der Waals surface area contributed by atoms with Crippen molar-refractivity contribution >= 4 is 10.9 Å². The second kappa shape index (κ2) is 6.65. The molecule has 2 aromatic rings. The van der Waals surface area contributed by atoms with Crippen molar-refractivity contribution in [2.45, 2.75) is 41.7 Å². The standard InChI is InChI=1S/C15H15S.C2H6/c1-3-7-13(8-4-1)16(15-11-12-15)14-9-5-2-6-10-14;1-2/h1-10,15H,11-12H2;1-2H3/q+1;. The zero-order valence-corrected chi connectivity index (χ0v) is 12.0. The Kier molecular flexibility index (Phi) is 4.89. The number of rotatable bonds is 3. The van der Waals surface area contributed by atoms with Crippen molar-refractivity contribution in [3.8, 4) is 0 Å². The second-order valence-corrected chi connectivity index (χ2v) is 6.45. The quantitative estimate of drug-likeness (QED) is 0.685. The molecule has 0 bridgehead atoms. The molecule has 1 fully saturated rings. The van der Waals surface area contributed by atoms with Gasteiger partial charge in [-0.1, -0.05) is 50.2 Å². The van der Waals surface area contributed by atoms with E-state index in [0.717, 1.165) is 5.25 Å². The molecule has 0 radical (unpaired) electrons. The maximum Gasteiger partial charge on any atom is 0.160 e. The van der Waals surface area contributed by atoms with Gasteiger partial charge in [0, 0.05) is 12.8 Å². The Morgan fingerprint density at radius 3 is 1.44 bits per heavy atom. The van der Waals surface area contributed by atoms with Gasteiger partial charge in [-0.15, -0.1) is 0 Å². The third kappa shape index (κ3) is 3.17. The summed E-state index contributed by atoms with van der Waals surface area (Å²) in [5.74, 6) is 0. The van der Waals surface area contributed by atoms with Crippen LogP contribution in [0, 0.1) is 0 Å². The number of hydrogen-bond acceptors (Lipinski definition) is 0. The van der Waals surface area contributed by atoms with Crippen LogP contribution in [0.25, 0.3) is 0 Å². The first-order valence-electron chi connectivity index (χ1n) is 6.78. The van der Waals surface area contributed by atoms with Crippen LogP contribution < -0.4 is 0 Å². The lowest BCUT2D eigenvalue weighted by atomic mass is 10.4. The summed E-state index contributed by atoms with van der Waals surface area (Å²) < 4.78 is 0. The van der Waals surface area contributed by atoms with Gasteiger partial charge in [0.05, 0.1) is 10.9 Å². The molecule has 0 N–H and O–H groups in total. The molecule has 0 unspecified atom stereocenters. The van der Waals surface area contributed by atoms with Crippen LogP contribution >= 0.6 is 0 Å². The number of hydrogen-bond donors (Lipinski definition) is 0. The van der Waals surface area contributed by atoms with Crippen LogP contribution in [0.3, 0.4) is 0 Å². The number of benzene rings is 2. The largest absolute Gasteiger partial charge is 0.160 e. The highest BCUT2D eigenvalue weighted by atomic mass is 32.2. The van der Waals surface area contributed by atoms with Crippen LogP contribution in [0.1, 0.15) is 26.7 Å². The average molecular weight is 257 g/mol. The molecule has 0 aromatic heterocycles. The molecule has 0 heterocycles. The molecule has 3 rings (SSSR count). The molecule has 0 amide bonds. The van der Waals surface area contributed by atoms with Crippen molar-refractivity contribution in [1.29, 1.82) is 0 Å². The molecule has 0 saturated heterocycles. The van der Waals surface area contributed by atoms with Gasteiger partial charge in [-0.2, -0.15) is 0 Å². The van der Waals surface area contributed by atoms with E-state index in [1.165, 1.54) is 22.6 Å². The highest BCUT2D eigenvalue weighted by Crippen LogP contribution is 2.39. The maximum atomic E-state index is 2.27. The monoisotopic (exact) mass is 257 g/mol. The maximum absolute atomic E-state index is 2.27. The lowest BCUT2D eigenvalue weighted by Crippen LogP contribution is -2.08. The highest BCUT2D eigenvalue weighted by Gasteiger charge is 2.43. The van der Waals surface area contributed by atoms with Crippen LogP contribution in [-0.2, 0) is 10.9 Å². The van der Waals surface area contributed by atoms with E-state index in [1.54, 1.807) is 0 Å². The SMILES string of the molecule is CC.c1ccc([S+](c2ccccc2)C2CC2)cc1. The molecular formula is C17H21S+. The lowest BCUT2D eigenvalue weighted by molar-refractivity contribution is 1.32. The average Bonchev–Trinajstić information content (AvgIpc) is 3.29. The van der Waals surface area contributed by atoms with Crippen LogP contribution in [-0.4, -0.2) is 5.25 Å². The molecular weight excluding hydrogens is 236 g/mol. The van der Waals surface area contributed by atoms with Gasteiger partial charge >= 0.3 is 0 Å². The van der Waals surface area contributed by atoms with E-state index in [4.69, 9.17) is 0 Å². The minimum Gasteiger partial charge on any atom is -0.0683 e. The van der Waals surface area contributed by atoms with E-state index < -0.39 is 0 Å². The Balaban J connectivity index is 0.000000574. The first-order chi connectivity index (χ1) is 8.95. The van der Waals surface area contributed by atoms with Crippen molar-refractivity contribution in [3.05, 3.63) is 60.7 Å². The van der Waals surface area contributed by atoms with Crippen molar-refractivity contribution in [2.75, 3.05) is 0 Å². The van der Waals surface area contributed by atoms with Gasteiger partial charge in [0.1, 0.15) is 5.25 Å². The molecule has 94 valence electrons. The topological polar surface area (TPSA) is 0 Å². The Morgan fingerprint density at radius 2 is 1.11 bits per heavy atom. The summed E-state index contributed by atoms with van der Waals surface area (Å²) in [4.78, 5) is 2.99. The second-order valence-electron chi connectivity index (χ2n) is 4.16. The van der Waals surface area contributed by atoms with Crippen LogP contribution in [0.15, 0.2) is 70.5 Å². The fraction of sp³-hybridized carbons (Fsp3) is 0.294. The molecule has 0 aliphatic heterocycles. The van der Waals surface area contributed by atoms with Gasteiger partial charge < -0.3 is 0 Å². The van der Waals surface area contributed by atoms with E-state index in [2.05, 4.69) is 60.7 Å². The molecule has 2 aromatic carbocycles. The zero-order valence-electron chi connectivity index (χ0n) is 11.2. The molecule has 1 aliphatic rings. The summed E-state index contributed by atoms with van der Waals surface area (Å²) in [6, 6.07) is 21.9. The van der Waals surface area contributed by atoms with Gasteiger partial charge in [-0.05, 0) is 24.3 Å². The minimum absolute atomic E-state index is 0.308. The molecule has 1 aliphatic carbocycles. The Labute approximate surface area is 113 Å². The lowest BCUT2D eigenvalue weighted by Gasteiger charge is -2.06. The van der Waals surface area contributed by atoms with Gasteiger partial charge in [0.15, 0.2) is 9.79 Å². The zero-order chi connectivity index (χ0) is 12.8. The van der Waals surface area contributed by atoms with Crippen LogP contribution in [0.4, 0.5) is 0 Å². The van der Waals surface area contributed by atoms with E-state index in [0.29, 0.717) is 10.9 Å². The summed E-state index contributed by atoms with van der Waals surface area (Å²) in [6.45, 7) is 4.00. The van der Waals surface area contributed by atoms with Crippen molar-refractivity contribution in [2.24, 2.45) is 0 Å². The summed E-state index contributed by atoms with van der Waals surface area (Å²) >= 11 is 0. The first-order valence-corrected chi connectivity index (χ1v) is 8.07. The van der Waals surface area contributed by atoms with Gasteiger partial charge in [-0.3, -0.25) is 0 Å². The third-order valence-electron chi connectivity index (χ3n) is 2.85. The fourth-order valence-electron chi connectivity index (χ4n) is 1.96. The molecule has 18 heavy (non-hydrogen) atoms. The Hall–Kier alpha value is -1.21. The van der Waals surface area contributed by atoms with Crippen molar-refractivity contribution in [3.63, 3.8) is 0 Å². The van der Waals surface area contributed by atoms with E-state index in [9.17, 15) is 0 Å². The predicted molar refractivity (Wildman–Crippen MR) is 81.2 cm³/mol. The Bertz CT molecular complexity index is 406. The first kappa shape index (κ1) is 13.2. The normalized spacial score (nSPS) is 13.9. The fourth-order valence-corrected chi connectivity index (χ4v) is 4.51. The van der Waals surface area contributed by atoms with Crippen molar-refractivity contribution < 1.29 is 0 Å². The van der Waals surface area contributed by atoms with Crippen LogP contribution in [0.5, 0.6) is 0 Å². The molecule has 1 saturated carbocycles. The van der Waals surface area contributed by atoms with Gasteiger partial charge in [0.2, 0.25) is 0 Å². The van der Waals surface area contributed by atoms with E-state index >= 15 is 0 Å². The molecule has 1 heteroatoms. The summed E-state index contributed by atoms with van der Waals surface area (Å²) in [6.07, 6.45) is 2.79. The predicted octanol–water partition coefficient (Wildman–Crippen LogP) is 4.91. The summed E-state index contributed by atoms with van der Waals surface area (Å²) in [7, 11) is 0.308. The smallest absolute Gasteiger partial charge is 0.0683 e. The van der Waals surface area contributed by atoms with E-state index in [1.807, 2.05) is 13.8 Å². The van der Waals surface area contributed by atoms with E-state index in [-0.39, 0.29) is 0 Å². The summed E-state index contributed by atoms with van der Waals surface area (Å²) in [5.41, 5.74) is 0. The molecule has 0 atom stereocenters. The minimum atomic E-state index is 0.308. The molecule has 0 nitrogen and oxygen atoms in total. The third-order valence-corrected chi connectivity index (χ3v) is 5.55. The van der Waals surface area contributed by atoms with Gasteiger partial charge in [0.25, 0.3) is 0 Å². The highest BCUT2D eigenvalue weighted by molar-refractivity contribution is 7.97. The van der Waals surface area contributed by atoms with Crippen LogP contribution in [0.2, 0.25) is 0 Å². The van der Waals surface area contributed by atoms with Gasteiger partial charge in [-0.25, -0.2) is 0 Å². The van der Waals surface area contributed by atoms with Crippen molar-refractivity contribution in [1.82, 2.24) is 0 Å².